The van der Waals surface area contributed by atoms with E-state index in [-0.39, 0.29) is 28.6 Å². The zero-order valence-electron chi connectivity index (χ0n) is 13.3. The van der Waals surface area contributed by atoms with Gasteiger partial charge >= 0.3 is 5.69 Å². The topological polar surface area (TPSA) is 76.1 Å². The minimum Gasteiger partial charge on any atom is -0.494 e. The van der Waals surface area contributed by atoms with Crippen molar-refractivity contribution in [3.8, 4) is 5.75 Å². The van der Waals surface area contributed by atoms with Gasteiger partial charge in [0.15, 0.2) is 5.75 Å². The number of fused-ring (bicyclic) bond motifs is 1. The molecule has 8 heteroatoms. The summed E-state index contributed by atoms with van der Waals surface area (Å²) < 4.78 is 6.73. The first-order valence-corrected chi connectivity index (χ1v) is 8.26. The van der Waals surface area contributed by atoms with E-state index in [1.807, 2.05) is 24.3 Å². The van der Waals surface area contributed by atoms with Gasteiger partial charge in [0.25, 0.3) is 5.91 Å². The van der Waals surface area contributed by atoms with E-state index in [2.05, 4.69) is 10.3 Å². The van der Waals surface area contributed by atoms with Gasteiger partial charge in [0, 0.05) is 13.1 Å². The molecule has 0 aliphatic heterocycles. The third-order valence-corrected chi connectivity index (χ3v) is 4.41. The van der Waals surface area contributed by atoms with E-state index in [4.69, 9.17) is 27.9 Å². The number of rotatable bonds is 5. The van der Waals surface area contributed by atoms with Crippen molar-refractivity contribution < 1.29 is 9.53 Å². The highest BCUT2D eigenvalue weighted by molar-refractivity contribution is 6.37. The molecule has 0 aliphatic rings. The predicted octanol–water partition coefficient (Wildman–Crippen LogP) is 3.08. The highest BCUT2D eigenvalue weighted by atomic mass is 35.5. The molecular formula is C17H15Cl2N3O3. The summed E-state index contributed by atoms with van der Waals surface area (Å²) in [5, 5.41) is 3.27. The molecule has 0 saturated heterocycles. The van der Waals surface area contributed by atoms with Crippen LogP contribution in [0.2, 0.25) is 10.0 Å². The van der Waals surface area contributed by atoms with E-state index in [1.54, 1.807) is 10.6 Å². The second-order valence-electron chi connectivity index (χ2n) is 5.29. The molecule has 130 valence electrons. The number of H-pyrrole nitrogens is 1. The molecule has 1 amide bonds. The van der Waals surface area contributed by atoms with Crippen LogP contribution in [0, 0.1) is 0 Å². The fraction of sp³-hybridized carbons (Fsp3) is 0.176. The summed E-state index contributed by atoms with van der Waals surface area (Å²) in [5.74, 6) is -0.201. The zero-order chi connectivity index (χ0) is 18.0. The van der Waals surface area contributed by atoms with Gasteiger partial charge in [0.2, 0.25) is 0 Å². The SMILES string of the molecule is COc1c(Cl)ccc(Cl)c1C(=O)NCCn1c(=O)[nH]c2ccccc21. The van der Waals surface area contributed by atoms with Gasteiger partial charge in [-0.3, -0.25) is 9.36 Å². The summed E-state index contributed by atoms with van der Waals surface area (Å²) in [6.07, 6.45) is 0. The number of aromatic nitrogens is 2. The predicted molar refractivity (Wildman–Crippen MR) is 97.9 cm³/mol. The Morgan fingerprint density at radius 2 is 1.92 bits per heavy atom. The molecule has 0 saturated carbocycles. The van der Waals surface area contributed by atoms with Crippen molar-refractivity contribution in [2.45, 2.75) is 6.54 Å². The van der Waals surface area contributed by atoms with Gasteiger partial charge < -0.3 is 15.0 Å². The van der Waals surface area contributed by atoms with E-state index in [0.29, 0.717) is 11.6 Å². The number of aromatic amines is 1. The summed E-state index contributed by atoms with van der Waals surface area (Å²) >= 11 is 12.1. The molecule has 3 aromatic rings. The fourth-order valence-electron chi connectivity index (χ4n) is 2.64. The number of hydrogen-bond acceptors (Lipinski definition) is 3. The van der Waals surface area contributed by atoms with Crippen LogP contribution < -0.4 is 15.7 Å². The van der Waals surface area contributed by atoms with Gasteiger partial charge in [0.1, 0.15) is 5.56 Å². The summed E-state index contributed by atoms with van der Waals surface area (Å²) in [5.41, 5.74) is 1.47. The summed E-state index contributed by atoms with van der Waals surface area (Å²) in [7, 11) is 1.42. The van der Waals surface area contributed by atoms with Crippen molar-refractivity contribution in [2.24, 2.45) is 0 Å². The van der Waals surface area contributed by atoms with Crippen molar-refractivity contribution in [2.75, 3.05) is 13.7 Å². The molecule has 1 aromatic heterocycles. The van der Waals surface area contributed by atoms with Crippen LogP contribution in [0.1, 0.15) is 10.4 Å². The lowest BCUT2D eigenvalue weighted by Crippen LogP contribution is -2.30. The number of carbonyl (C=O) groups is 1. The molecule has 2 aromatic carbocycles. The number of halogens is 2. The number of nitrogens with one attached hydrogen (secondary N) is 2. The van der Waals surface area contributed by atoms with E-state index in [1.165, 1.54) is 13.2 Å². The van der Waals surface area contributed by atoms with Crippen molar-refractivity contribution in [3.63, 3.8) is 0 Å². The van der Waals surface area contributed by atoms with E-state index < -0.39 is 5.91 Å². The number of nitrogens with zero attached hydrogens (tertiary/aromatic N) is 1. The Morgan fingerprint density at radius 1 is 1.20 bits per heavy atom. The quantitative estimate of drug-likeness (QED) is 0.714. The van der Waals surface area contributed by atoms with Crippen LogP contribution in [-0.2, 0) is 6.54 Å². The standard InChI is InChI=1S/C17H15Cl2N3O3/c1-25-15-11(19)7-6-10(18)14(15)16(23)20-8-9-22-13-5-3-2-4-12(13)21-17(22)24/h2-7H,8-9H2,1H3,(H,20,23)(H,21,24). The minimum atomic E-state index is -0.419. The Kier molecular flexibility index (Phi) is 5.01. The first-order valence-electron chi connectivity index (χ1n) is 7.50. The number of benzene rings is 2. The second kappa shape index (κ2) is 7.21. The summed E-state index contributed by atoms with van der Waals surface area (Å²) in [6, 6.07) is 10.4. The lowest BCUT2D eigenvalue weighted by atomic mass is 10.2. The molecule has 3 rings (SSSR count). The van der Waals surface area contributed by atoms with E-state index >= 15 is 0 Å². The largest absolute Gasteiger partial charge is 0.494 e. The van der Waals surface area contributed by atoms with Gasteiger partial charge in [0.05, 0.1) is 28.2 Å². The maximum absolute atomic E-state index is 12.4. The molecule has 0 spiro atoms. The fourth-order valence-corrected chi connectivity index (χ4v) is 3.11. The Morgan fingerprint density at radius 3 is 2.68 bits per heavy atom. The lowest BCUT2D eigenvalue weighted by Gasteiger charge is -2.12. The van der Waals surface area contributed by atoms with Gasteiger partial charge in [-0.25, -0.2) is 4.79 Å². The van der Waals surface area contributed by atoms with Crippen LogP contribution in [0.25, 0.3) is 11.0 Å². The number of para-hydroxylation sites is 2. The van der Waals surface area contributed by atoms with Crippen molar-refractivity contribution >= 4 is 40.1 Å². The second-order valence-corrected chi connectivity index (χ2v) is 6.11. The summed E-state index contributed by atoms with van der Waals surface area (Å²) in [4.78, 5) is 27.2. The molecule has 0 atom stereocenters. The number of ether oxygens (including phenoxy) is 1. The van der Waals surface area contributed by atoms with Crippen molar-refractivity contribution in [1.82, 2.24) is 14.9 Å². The first-order chi connectivity index (χ1) is 12.0. The Hall–Kier alpha value is -2.44. The molecule has 0 bridgehead atoms. The number of hydrogen-bond donors (Lipinski definition) is 2. The number of carbonyl (C=O) groups excluding carboxylic acids is 1. The van der Waals surface area contributed by atoms with Crippen LogP contribution in [0.4, 0.5) is 0 Å². The Balaban J connectivity index is 1.76. The van der Waals surface area contributed by atoms with Gasteiger partial charge in [-0.15, -0.1) is 0 Å². The third-order valence-electron chi connectivity index (χ3n) is 3.79. The highest BCUT2D eigenvalue weighted by Gasteiger charge is 2.19. The van der Waals surface area contributed by atoms with Crippen LogP contribution in [-0.4, -0.2) is 29.1 Å². The first kappa shape index (κ1) is 17.4. The monoisotopic (exact) mass is 379 g/mol. The number of imidazole rings is 1. The van der Waals surface area contributed by atoms with Crippen LogP contribution in [0.5, 0.6) is 5.75 Å². The molecule has 0 unspecified atom stereocenters. The Bertz CT molecular complexity index is 994. The smallest absolute Gasteiger partial charge is 0.326 e. The molecule has 1 heterocycles. The minimum absolute atomic E-state index is 0.169. The van der Waals surface area contributed by atoms with Crippen molar-refractivity contribution in [1.29, 1.82) is 0 Å². The molecule has 0 radical (unpaired) electrons. The average molecular weight is 380 g/mol. The molecule has 0 aliphatic carbocycles. The molecule has 0 fully saturated rings. The molecule has 2 N–H and O–H groups in total. The van der Waals surface area contributed by atoms with E-state index in [0.717, 1.165) is 11.0 Å². The molecular weight excluding hydrogens is 365 g/mol. The van der Waals surface area contributed by atoms with Crippen LogP contribution in [0.15, 0.2) is 41.2 Å². The highest BCUT2D eigenvalue weighted by Crippen LogP contribution is 2.33. The maximum atomic E-state index is 12.4. The van der Waals surface area contributed by atoms with Gasteiger partial charge in [-0.05, 0) is 24.3 Å². The Labute approximate surface area is 153 Å². The van der Waals surface area contributed by atoms with E-state index in [9.17, 15) is 9.59 Å². The molecule has 6 nitrogen and oxygen atoms in total. The number of methoxy groups -OCH3 is 1. The van der Waals surface area contributed by atoms with Crippen LogP contribution >= 0.6 is 23.2 Å². The number of amides is 1. The maximum Gasteiger partial charge on any atom is 0.326 e. The zero-order valence-corrected chi connectivity index (χ0v) is 14.8. The van der Waals surface area contributed by atoms with Crippen LogP contribution in [0.3, 0.4) is 0 Å². The molecule has 25 heavy (non-hydrogen) atoms. The normalized spacial score (nSPS) is 10.8. The van der Waals surface area contributed by atoms with Gasteiger partial charge in [-0.1, -0.05) is 35.3 Å². The summed E-state index contributed by atoms with van der Waals surface area (Å²) in [6.45, 7) is 0.557. The average Bonchev–Trinajstić information content (AvgIpc) is 2.92. The van der Waals surface area contributed by atoms with Gasteiger partial charge in [-0.2, -0.15) is 0 Å². The van der Waals surface area contributed by atoms with Crippen molar-refractivity contribution in [3.05, 3.63) is 62.5 Å². The third kappa shape index (κ3) is 3.36. The lowest BCUT2D eigenvalue weighted by molar-refractivity contribution is 0.0949.